The van der Waals surface area contributed by atoms with E-state index in [2.05, 4.69) is 10.2 Å². The zero-order chi connectivity index (χ0) is 16.6. The first-order valence-corrected chi connectivity index (χ1v) is 7.75. The van der Waals surface area contributed by atoms with Gasteiger partial charge in [0.05, 0.1) is 12.1 Å². The van der Waals surface area contributed by atoms with Crippen LogP contribution in [-0.4, -0.2) is 38.8 Å². The summed E-state index contributed by atoms with van der Waals surface area (Å²) < 4.78 is 13.5. The van der Waals surface area contributed by atoms with Gasteiger partial charge >= 0.3 is 0 Å². The standard InChI is InChI=1S/C17H20FN3O2/c1-10(2)14-8-15(20-19-14)17(23)21-9-13(22)7-16(21)11-4-3-5-12(18)6-11/h3-6,8,10,13,16,22H,7,9H2,1-2H3,(H,19,20)/t13-,16-/m0/s1. The molecule has 5 nitrogen and oxygen atoms in total. The van der Waals surface area contributed by atoms with Crippen LogP contribution in [0.1, 0.15) is 54.0 Å². The highest BCUT2D eigenvalue weighted by molar-refractivity contribution is 5.93. The highest BCUT2D eigenvalue weighted by Gasteiger charge is 2.36. The van der Waals surface area contributed by atoms with Crippen molar-refractivity contribution in [3.63, 3.8) is 0 Å². The number of carbonyl (C=O) groups is 1. The third kappa shape index (κ3) is 3.12. The predicted molar refractivity (Wildman–Crippen MR) is 83.5 cm³/mol. The molecule has 2 N–H and O–H groups in total. The molecule has 1 aliphatic rings. The van der Waals surface area contributed by atoms with Crippen LogP contribution in [0.2, 0.25) is 0 Å². The van der Waals surface area contributed by atoms with Gasteiger partial charge in [-0.15, -0.1) is 0 Å². The van der Waals surface area contributed by atoms with Crippen LogP contribution in [-0.2, 0) is 0 Å². The maximum absolute atomic E-state index is 13.5. The summed E-state index contributed by atoms with van der Waals surface area (Å²) in [6, 6.07) is 7.56. The lowest BCUT2D eigenvalue weighted by atomic mass is 10.0. The number of rotatable bonds is 3. The van der Waals surface area contributed by atoms with Gasteiger partial charge in [0.15, 0.2) is 0 Å². The third-order valence-corrected chi connectivity index (χ3v) is 4.21. The van der Waals surface area contributed by atoms with E-state index < -0.39 is 6.10 Å². The summed E-state index contributed by atoms with van der Waals surface area (Å²) in [7, 11) is 0. The number of benzene rings is 1. The zero-order valence-electron chi connectivity index (χ0n) is 13.2. The van der Waals surface area contributed by atoms with E-state index in [9.17, 15) is 14.3 Å². The molecule has 1 saturated heterocycles. The van der Waals surface area contributed by atoms with E-state index in [4.69, 9.17) is 0 Å². The van der Waals surface area contributed by atoms with Crippen molar-refractivity contribution >= 4 is 5.91 Å². The van der Waals surface area contributed by atoms with Gasteiger partial charge in [0.25, 0.3) is 5.91 Å². The molecule has 1 aliphatic heterocycles. The predicted octanol–water partition coefficient (Wildman–Crippen LogP) is 2.62. The van der Waals surface area contributed by atoms with Crippen LogP contribution in [0, 0.1) is 5.82 Å². The van der Waals surface area contributed by atoms with Crippen molar-refractivity contribution in [2.45, 2.75) is 38.3 Å². The second-order valence-electron chi connectivity index (χ2n) is 6.28. The Morgan fingerprint density at radius 3 is 2.87 bits per heavy atom. The molecule has 0 aliphatic carbocycles. The molecule has 122 valence electrons. The molecular weight excluding hydrogens is 297 g/mol. The van der Waals surface area contributed by atoms with E-state index in [0.717, 1.165) is 5.69 Å². The maximum atomic E-state index is 13.5. The van der Waals surface area contributed by atoms with Gasteiger partial charge in [-0.2, -0.15) is 5.10 Å². The fraction of sp³-hybridized carbons (Fsp3) is 0.412. The Morgan fingerprint density at radius 1 is 1.43 bits per heavy atom. The number of aromatic nitrogens is 2. The third-order valence-electron chi connectivity index (χ3n) is 4.21. The topological polar surface area (TPSA) is 69.2 Å². The minimum absolute atomic E-state index is 0.226. The number of hydrogen-bond acceptors (Lipinski definition) is 3. The first-order chi connectivity index (χ1) is 11.0. The summed E-state index contributed by atoms with van der Waals surface area (Å²) in [5, 5.41) is 16.9. The van der Waals surface area contributed by atoms with Gasteiger partial charge in [-0.1, -0.05) is 26.0 Å². The number of likely N-dealkylation sites (tertiary alicyclic amines) is 1. The van der Waals surface area contributed by atoms with E-state index in [-0.39, 0.29) is 30.2 Å². The van der Waals surface area contributed by atoms with E-state index in [1.165, 1.54) is 12.1 Å². The largest absolute Gasteiger partial charge is 0.391 e. The first kappa shape index (κ1) is 15.7. The molecule has 0 unspecified atom stereocenters. The van der Waals surface area contributed by atoms with Gasteiger partial charge in [0.2, 0.25) is 0 Å². The van der Waals surface area contributed by atoms with Crippen molar-refractivity contribution in [2.24, 2.45) is 0 Å². The Bertz CT molecular complexity index is 713. The van der Waals surface area contributed by atoms with E-state index in [1.54, 1.807) is 23.1 Å². The summed E-state index contributed by atoms with van der Waals surface area (Å²) in [5.41, 5.74) is 1.90. The van der Waals surface area contributed by atoms with Crippen molar-refractivity contribution in [1.82, 2.24) is 15.1 Å². The number of nitrogens with zero attached hydrogens (tertiary/aromatic N) is 2. The van der Waals surface area contributed by atoms with Crippen molar-refractivity contribution in [1.29, 1.82) is 0 Å². The van der Waals surface area contributed by atoms with Crippen molar-refractivity contribution in [3.05, 3.63) is 53.1 Å². The number of halogens is 1. The fourth-order valence-electron chi connectivity index (χ4n) is 2.96. The van der Waals surface area contributed by atoms with Gasteiger partial charge < -0.3 is 10.0 Å². The molecule has 1 amide bonds. The number of hydrogen-bond donors (Lipinski definition) is 2. The quantitative estimate of drug-likeness (QED) is 0.914. The molecule has 1 fully saturated rings. The number of carbonyl (C=O) groups excluding carboxylic acids is 1. The highest BCUT2D eigenvalue weighted by Crippen LogP contribution is 2.33. The van der Waals surface area contributed by atoms with Crippen LogP contribution in [0.15, 0.2) is 30.3 Å². The molecule has 2 atom stereocenters. The Kier molecular flexibility index (Phi) is 4.17. The molecule has 2 heterocycles. The molecule has 0 spiro atoms. The lowest BCUT2D eigenvalue weighted by Gasteiger charge is -2.24. The van der Waals surface area contributed by atoms with E-state index in [1.807, 2.05) is 13.8 Å². The Morgan fingerprint density at radius 2 is 2.22 bits per heavy atom. The number of β-amino-alcohol motifs (C(OH)–C–C–N with tert-alkyl or cyclic N) is 1. The van der Waals surface area contributed by atoms with E-state index >= 15 is 0 Å². The average Bonchev–Trinajstić information content (AvgIpc) is 3.13. The normalized spacial score (nSPS) is 21.2. The van der Waals surface area contributed by atoms with Crippen molar-refractivity contribution < 1.29 is 14.3 Å². The number of amides is 1. The van der Waals surface area contributed by atoms with Gasteiger partial charge in [-0.25, -0.2) is 4.39 Å². The number of aromatic amines is 1. The Balaban J connectivity index is 1.88. The number of aliphatic hydroxyl groups is 1. The van der Waals surface area contributed by atoms with Gasteiger partial charge in [-0.05, 0) is 36.1 Å². The molecule has 23 heavy (non-hydrogen) atoms. The molecule has 0 radical (unpaired) electrons. The smallest absolute Gasteiger partial charge is 0.274 e. The van der Waals surface area contributed by atoms with Gasteiger partial charge in [0.1, 0.15) is 11.5 Å². The fourth-order valence-corrected chi connectivity index (χ4v) is 2.96. The van der Waals surface area contributed by atoms with Gasteiger partial charge in [0, 0.05) is 12.2 Å². The molecule has 2 aromatic rings. The van der Waals surface area contributed by atoms with Crippen LogP contribution in [0.4, 0.5) is 4.39 Å². The minimum Gasteiger partial charge on any atom is -0.391 e. The molecule has 6 heteroatoms. The SMILES string of the molecule is CC(C)c1cc(C(=O)N2C[C@@H](O)C[C@H]2c2cccc(F)c2)n[nH]1. The maximum Gasteiger partial charge on any atom is 0.274 e. The molecule has 0 bridgehead atoms. The zero-order valence-corrected chi connectivity index (χ0v) is 13.2. The lowest BCUT2D eigenvalue weighted by Crippen LogP contribution is -2.32. The number of aliphatic hydroxyl groups excluding tert-OH is 1. The second-order valence-corrected chi connectivity index (χ2v) is 6.28. The summed E-state index contributed by atoms with van der Waals surface area (Å²) in [6.45, 7) is 4.25. The summed E-state index contributed by atoms with van der Waals surface area (Å²) in [6.07, 6.45) is -0.216. The highest BCUT2D eigenvalue weighted by atomic mass is 19.1. The van der Waals surface area contributed by atoms with Crippen LogP contribution in [0.25, 0.3) is 0 Å². The lowest BCUT2D eigenvalue weighted by molar-refractivity contribution is 0.0709. The van der Waals surface area contributed by atoms with Crippen LogP contribution >= 0.6 is 0 Å². The molecular formula is C17H20FN3O2. The first-order valence-electron chi connectivity index (χ1n) is 7.75. The average molecular weight is 317 g/mol. The van der Waals surface area contributed by atoms with Gasteiger partial charge in [-0.3, -0.25) is 9.89 Å². The summed E-state index contributed by atoms with van der Waals surface area (Å²) in [4.78, 5) is 14.3. The van der Waals surface area contributed by atoms with Crippen molar-refractivity contribution in [3.8, 4) is 0 Å². The number of H-pyrrole nitrogens is 1. The summed E-state index contributed by atoms with van der Waals surface area (Å²) in [5.74, 6) is -0.357. The Labute approximate surface area is 134 Å². The molecule has 1 aromatic heterocycles. The molecule has 1 aromatic carbocycles. The van der Waals surface area contributed by atoms with Crippen LogP contribution in [0.5, 0.6) is 0 Å². The molecule has 3 rings (SSSR count). The number of nitrogens with one attached hydrogen (secondary N) is 1. The minimum atomic E-state index is -0.615. The molecule has 0 saturated carbocycles. The van der Waals surface area contributed by atoms with Crippen LogP contribution < -0.4 is 0 Å². The van der Waals surface area contributed by atoms with Crippen LogP contribution in [0.3, 0.4) is 0 Å². The summed E-state index contributed by atoms with van der Waals surface area (Å²) >= 11 is 0. The van der Waals surface area contributed by atoms with Crippen molar-refractivity contribution in [2.75, 3.05) is 6.54 Å². The van der Waals surface area contributed by atoms with E-state index in [0.29, 0.717) is 17.7 Å². The second kappa shape index (κ2) is 6.12. The Hall–Kier alpha value is -2.21. The monoisotopic (exact) mass is 317 g/mol.